The van der Waals surface area contributed by atoms with E-state index < -0.39 is 25.6 Å². The fourth-order valence-electron chi connectivity index (χ4n) is 1.76. The van der Waals surface area contributed by atoms with Gasteiger partial charge in [0.05, 0.1) is 11.8 Å². The molecule has 0 saturated heterocycles. The van der Waals surface area contributed by atoms with Gasteiger partial charge in [-0.2, -0.15) is 0 Å². The third-order valence-electron chi connectivity index (χ3n) is 2.54. The molecule has 0 saturated carbocycles. The van der Waals surface area contributed by atoms with Crippen molar-refractivity contribution >= 4 is 19.7 Å². The largest absolute Gasteiger partial charge is 0.296 e. The lowest BCUT2D eigenvalue weighted by Gasteiger charge is -2.24. The molecule has 0 atom stereocenters. The monoisotopic (exact) mass is 318 g/mol. The molecule has 0 amide bonds. The number of pyridine rings is 1. The van der Waals surface area contributed by atoms with Gasteiger partial charge in [-0.3, -0.25) is 9.55 Å². The van der Waals surface area contributed by atoms with Gasteiger partial charge in [0.1, 0.15) is 0 Å². The Hall–Kier alpha value is -1.54. The summed E-state index contributed by atoms with van der Waals surface area (Å²) in [7, 11) is 1.26. The molecule has 0 fully saturated rings. The molecule has 0 unspecified atom stereocenters. The summed E-state index contributed by atoms with van der Waals surface area (Å²) in [5.41, 5.74) is -0.597. The highest BCUT2D eigenvalue weighted by atomic mass is 35.7. The van der Waals surface area contributed by atoms with Crippen LogP contribution in [-0.4, -0.2) is 28.2 Å². The van der Waals surface area contributed by atoms with Crippen LogP contribution in [-0.2, 0) is 14.6 Å². The molecule has 2 aromatic rings. The van der Waals surface area contributed by atoms with Gasteiger partial charge in [-0.25, -0.2) is 12.8 Å². The Morgan fingerprint density at radius 1 is 1.30 bits per heavy atom. The van der Waals surface area contributed by atoms with E-state index in [0.29, 0.717) is 0 Å². The smallest absolute Gasteiger partial charge is 0.291 e. The maximum Gasteiger partial charge on any atom is 0.296 e. The molecule has 0 radical (unpaired) electrons. The Kier molecular flexibility index (Phi) is 3.55. The second-order valence-electron chi connectivity index (χ2n) is 5.11. The molecule has 0 spiro atoms. The lowest BCUT2D eigenvalue weighted by molar-refractivity contribution is 0.366. The number of aromatic nitrogens is 4. The summed E-state index contributed by atoms with van der Waals surface area (Å²) in [6.07, 6.45) is 2.40. The van der Waals surface area contributed by atoms with Crippen LogP contribution in [0.15, 0.2) is 23.6 Å². The predicted octanol–water partition coefficient (Wildman–Crippen LogP) is 2.16. The molecular weight excluding hydrogens is 307 g/mol. The predicted molar refractivity (Wildman–Crippen MR) is 71.2 cm³/mol. The summed E-state index contributed by atoms with van der Waals surface area (Å²) in [5, 5.41) is 6.92. The molecule has 0 aliphatic heterocycles. The van der Waals surface area contributed by atoms with Gasteiger partial charge in [0, 0.05) is 22.4 Å². The molecule has 20 heavy (non-hydrogen) atoms. The third kappa shape index (κ3) is 2.66. The van der Waals surface area contributed by atoms with E-state index in [1.165, 1.54) is 16.8 Å². The van der Waals surface area contributed by atoms with E-state index in [2.05, 4.69) is 15.2 Å². The maximum atomic E-state index is 13.8. The number of hydrogen-bond donors (Lipinski definition) is 0. The highest BCUT2D eigenvalue weighted by Gasteiger charge is 2.31. The van der Waals surface area contributed by atoms with Crippen LogP contribution in [0.3, 0.4) is 0 Å². The van der Waals surface area contributed by atoms with Crippen LogP contribution in [0.25, 0.3) is 11.4 Å². The van der Waals surface area contributed by atoms with E-state index in [0.717, 1.165) is 6.20 Å². The fraction of sp³-hybridized carbons (Fsp3) is 0.364. The number of hydrogen-bond acceptors (Lipinski definition) is 5. The van der Waals surface area contributed by atoms with Crippen LogP contribution in [0, 0.1) is 5.82 Å². The molecule has 0 aliphatic rings. The zero-order valence-corrected chi connectivity index (χ0v) is 12.6. The van der Waals surface area contributed by atoms with Gasteiger partial charge in [-0.1, -0.05) is 0 Å². The van der Waals surface area contributed by atoms with Gasteiger partial charge in [0.2, 0.25) is 0 Å². The van der Waals surface area contributed by atoms with Gasteiger partial charge < -0.3 is 0 Å². The van der Waals surface area contributed by atoms with E-state index in [-0.39, 0.29) is 11.4 Å². The van der Waals surface area contributed by atoms with Crippen molar-refractivity contribution in [3.05, 3.63) is 24.3 Å². The standard InChI is InChI=1S/C11H12ClFN4O2S/c1-11(2,3)17-9(7-4-5-14-6-8(7)13)15-16-10(17)20(12,18)19/h4-6H,1-3H3. The molecule has 0 aromatic carbocycles. The maximum absolute atomic E-state index is 13.8. The minimum absolute atomic E-state index is 0.0802. The SMILES string of the molecule is CC(C)(C)n1c(-c2ccncc2F)nnc1S(=O)(=O)Cl. The molecule has 6 nitrogen and oxygen atoms in total. The average Bonchev–Trinajstić information content (AvgIpc) is 2.73. The Bertz CT molecular complexity index is 752. The van der Waals surface area contributed by atoms with Crippen LogP contribution >= 0.6 is 10.7 Å². The van der Waals surface area contributed by atoms with Crippen molar-refractivity contribution in [1.82, 2.24) is 19.7 Å². The summed E-state index contributed by atoms with van der Waals surface area (Å²) >= 11 is 0. The first-order valence-electron chi connectivity index (χ1n) is 5.63. The summed E-state index contributed by atoms with van der Waals surface area (Å²) < 4.78 is 38.2. The quantitative estimate of drug-likeness (QED) is 0.793. The van der Waals surface area contributed by atoms with Crippen LogP contribution in [0.5, 0.6) is 0 Å². The molecule has 9 heteroatoms. The summed E-state index contributed by atoms with van der Waals surface area (Å²) in [5.74, 6) is -0.541. The topological polar surface area (TPSA) is 77.7 Å². The second-order valence-corrected chi connectivity index (χ2v) is 7.57. The minimum Gasteiger partial charge on any atom is -0.291 e. The van der Waals surface area contributed by atoms with Crippen molar-refractivity contribution in [3.8, 4) is 11.4 Å². The fourth-order valence-corrected chi connectivity index (χ4v) is 2.78. The van der Waals surface area contributed by atoms with Gasteiger partial charge in [0.25, 0.3) is 14.2 Å². The molecule has 2 rings (SSSR count). The summed E-state index contributed by atoms with van der Waals surface area (Å²) in [6.45, 7) is 5.22. The molecule has 0 N–H and O–H groups in total. The molecule has 108 valence electrons. The van der Waals surface area contributed by atoms with Crippen molar-refractivity contribution in [1.29, 1.82) is 0 Å². The zero-order valence-electron chi connectivity index (χ0n) is 11.0. The average molecular weight is 319 g/mol. The molecule has 2 heterocycles. The van der Waals surface area contributed by atoms with Crippen molar-refractivity contribution in [3.63, 3.8) is 0 Å². The van der Waals surface area contributed by atoms with Gasteiger partial charge >= 0.3 is 0 Å². The lowest BCUT2D eigenvalue weighted by Crippen LogP contribution is -2.26. The second kappa shape index (κ2) is 4.78. The third-order valence-corrected chi connectivity index (χ3v) is 3.65. The van der Waals surface area contributed by atoms with E-state index >= 15 is 0 Å². The Labute approximate surface area is 120 Å². The molecule has 2 aromatic heterocycles. The van der Waals surface area contributed by atoms with Crippen molar-refractivity contribution in [2.45, 2.75) is 31.5 Å². The van der Waals surface area contributed by atoms with Gasteiger partial charge in [-0.15, -0.1) is 10.2 Å². The molecular formula is C11H12ClFN4O2S. The number of nitrogens with zero attached hydrogens (tertiary/aromatic N) is 4. The Morgan fingerprint density at radius 3 is 2.45 bits per heavy atom. The van der Waals surface area contributed by atoms with Gasteiger partial charge in [-0.05, 0) is 26.8 Å². The minimum atomic E-state index is -4.09. The first-order valence-corrected chi connectivity index (χ1v) is 7.94. The molecule has 0 bridgehead atoms. The van der Waals surface area contributed by atoms with Gasteiger partial charge in [0.15, 0.2) is 11.6 Å². The summed E-state index contributed by atoms with van der Waals surface area (Å²) in [4.78, 5) is 3.64. The van der Waals surface area contributed by atoms with Crippen molar-refractivity contribution in [2.24, 2.45) is 0 Å². The Morgan fingerprint density at radius 2 is 1.95 bits per heavy atom. The highest BCUT2D eigenvalue weighted by molar-refractivity contribution is 8.13. The first kappa shape index (κ1) is 14.9. The van der Waals surface area contributed by atoms with E-state index in [9.17, 15) is 12.8 Å². The highest BCUT2D eigenvalue weighted by Crippen LogP contribution is 2.30. The Balaban J connectivity index is 2.81. The first-order chi connectivity index (χ1) is 9.12. The van der Waals surface area contributed by atoms with Crippen LogP contribution in [0.4, 0.5) is 4.39 Å². The van der Waals surface area contributed by atoms with Crippen LogP contribution < -0.4 is 0 Å². The van der Waals surface area contributed by atoms with Crippen LogP contribution in [0.2, 0.25) is 0 Å². The van der Waals surface area contributed by atoms with E-state index in [1.807, 2.05) is 0 Å². The zero-order chi connectivity index (χ0) is 15.1. The number of rotatable bonds is 2. The van der Waals surface area contributed by atoms with E-state index in [1.54, 1.807) is 20.8 Å². The van der Waals surface area contributed by atoms with E-state index in [4.69, 9.17) is 10.7 Å². The number of halogens is 2. The van der Waals surface area contributed by atoms with Crippen molar-refractivity contribution in [2.75, 3.05) is 0 Å². The normalized spacial score (nSPS) is 12.7. The lowest BCUT2D eigenvalue weighted by atomic mass is 10.1. The van der Waals surface area contributed by atoms with Crippen LogP contribution in [0.1, 0.15) is 20.8 Å². The van der Waals surface area contributed by atoms with Crippen molar-refractivity contribution < 1.29 is 12.8 Å². The summed E-state index contributed by atoms with van der Waals surface area (Å²) in [6, 6.07) is 1.40. The molecule has 0 aliphatic carbocycles.